The second kappa shape index (κ2) is 9.27. The van der Waals surface area contributed by atoms with Gasteiger partial charge in [0.25, 0.3) is 5.69 Å². The summed E-state index contributed by atoms with van der Waals surface area (Å²) in [7, 11) is 0. The summed E-state index contributed by atoms with van der Waals surface area (Å²) in [6.07, 6.45) is 1.31. The third kappa shape index (κ3) is 4.96. The van der Waals surface area contributed by atoms with Gasteiger partial charge in [0.1, 0.15) is 5.75 Å². The molecule has 0 saturated carbocycles. The van der Waals surface area contributed by atoms with Crippen molar-refractivity contribution in [3.8, 4) is 11.5 Å². The lowest BCUT2D eigenvalue weighted by Gasteiger charge is -2.07. The van der Waals surface area contributed by atoms with Gasteiger partial charge in [-0.25, -0.2) is 18.6 Å². The molecule has 0 N–H and O–H groups in total. The number of carbonyl (C=O) groups excluding carboxylic acids is 1. The van der Waals surface area contributed by atoms with Gasteiger partial charge in [-0.15, -0.1) is 0 Å². The van der Waals surface area contributed by atoms with Crippen LogP contribution in [0.5, 0.6) is 11.5 Å². The van der Waals surface area contributed by atoms with Gasteiger partial charge in [-0.1, -0.05) is 23.7 Å². The fourth-order valence-electron chi connectivity index (χ4n) is 3.01. The van der Waals surface area contributed by atoms with Crippen molar-refractivity contribution in [2.75, 3.05) is 0 Å². The summed E-state index contributed by atoms with van der Waals surface area (Å²) < 4.78 is 37.4. The van der Waals surface area contributed by atoms with Crippen molar-refractivity contribution < 1.29 is 32.9 Å². The van der Waals surface area contributed by atoms with Crippen molar-refractivity contribution in [1.29, 1.82) is 0 Å². The summed E-state index contributed by atoms with van der Waals surface area (Å²) in [6, 6.07) is 10.4. The van der Waals surface area contributed by atoms with E-state index in [4.69, 9.17) is 21.1 Å². The molecule has 3 aromatic rings. The number of benzene rings is 3. The molecule has 176 valence electrons. The van der Waals surface area contributed by atoms with Crippen LogP contribution >= 0.6 is 11.6 Å². The molecule has 0 amide bonds. The highest BCUT2D eigenvalue weighted by Gasteiger charge is 2.27. The number of hydrogen-bond donors (Lipinski definition) is 0. The number of aliphatic imine (C=N–C) groups is 1. The number of nitro groups is 2. The van der Waals surface area contributed by atoms with Gasteiger partial charge in [-0.05, 0) is 42.0 Å². The average Bonchev–Trinajstić information content (AvgIpc) is 3.16. The van der Waals surface area contributed by atoms with Crippen molar-refractivity contribution in [3.63, 3.8) is 0 Å². The molecule has 3 aromatic carbocycles. The van der Waals surface area contributed by atoms with Crippen LogP contribution in [-0.4, -0.2) is 21.7 Å². The Morgan fingerprint density at radius 1 is 1.00 bits per heavy atom. The fraction of sp³-hybridized carbons (Fsp3) is 0. The standard InChI is InChI=1S/C22H10ClF2N3O7/c23-15-10-17(25)16(24)9-14(15)21-26-18(22(29)35-21)7-11-2-1-3-13(6-11)34-20-5-4-12(27(30)31)8-19(20)28(32)33/h1-10H/b18-7+. The summed E-state index contributed by atoms with van der Waals surface area (Å²) in [5.74, 6) is -3.69. The third-order valence-electron chi connectivity index (χ3n) is 4.60. The van der Waals surface area contributed by atoms with Crippen LogP contribution in [0.25, 0.3) is 6.08 Å². The molecule has 4 rings (SSSR count). The van der Waals surface area contributed by atoms with Crippen LogP contribution in [-0.2, 0) is 9.53 Å². The molecule has 10 nitrogen and oxygen atoms in total. The van der Waals surface area contributed by atoms with Crippen molar-refractivity contribution in [2.24, 2.45) is 4.99 Å². The SMILES string of the molecule is O=C1OC(c2cc(F)c(F)cc2Cl)=N/C1=C/c1cccc(Oc2ccc([N+](=O)[O-])cc2[N+](=O)[O-])c1. The lowest BCUT2D eigenvalue weighted by atomic mass is 10.2. The summed E-state index contributed by atoms with van der Waals surface area (Å²) >= 11 is 5.90. The van der Waals surface area contributed by atoms with E-state index in [-0.39, 0.29) is 33.7 Å². The number of esters is 1. The molecule has 0 atom stereocenters. The summed E-state index contributed by atoms with van der Waals surface area (Å²) in [5.41, 5.74) is -1.01. The Morgan fingerprint density at radius 3 is 2.46 bits per heavy atom. The van der Waals surface area contributed by atoms with Crippen LogP contribution in [0.2, 0.25) is 5.02 Å². The van der Waals surface area contributed by atoms with Crippen LogP contribution in [0.15, 0.2) is 65.3 Å². The van der Waals surface area contributed by atoms with Crippen LogP contribution < -0.4 is 4.74 Å². The maximum absolute atomic E-state index is 13.6. The van der Waals surface area contributed by atoms with Gasteiger partial charge in [0.2, 0.25) is 11.6 Å². The number of cyclic esters (lactones) is 1. The number of non-ortho nitro benzene ring substituents is 1. The van der Waals surface area contributed by atoms with E-state index in [1.165, 1.54) is 24.3 Å². The smallest absolute Gasteiger partial charge is 0.363 e. The van der Waals surface area contributed by atoms with Crippen LogP contribution in [0.3, 0.4) is 0 Å². The molecule has 0 saturated heterocycles. The maximum atomic E-state index is 13.6. The molecule has 0 fully saturated rings. The van der Waals surface area contributed by atoms with Gasteiger partial charge in [0.05, 0.1) is 26.5 Å². The molecular weight excluding hydrogens is 492 g/mol. The molecule has 1 aliphatic heterocycles. The quantitative estimate of drug-likeness (QED) is 0.142. The van der Waals surface area contributed by atoms with E-state index < -0.39 is 38.8 Å². The zero-order valence-corrected chi connectivity index (χ0v) is 17.9. The number of halogens is 3. The first-order chi connectivity index (χ1) is 16.6. The predicted molar refractivity (Wildman–Crippen MR) is 118 cm³/mol. The molecule has 0 bridgehead atoms. The molecule has 0 aromatic heterocycles. The van der Waals surface area contributed by atoms with Gasteiger partial charge >= 0.3 is 11.7 Å². The topological polar surface area (TPSA) is 134 Å². The average molecular weight is 502 g/mol. The molecule has 35 heavy (non-hydrogen) atoms. The van der Waals surface area contributed by atoms with E-state index in [9.17, 15) is 33.8 Å². The summed E-state index contributed by atoms with van der Waals surface area (Å²) in [6.45, 7) is 0. The van der Waals surface area contributed by atoms with Crippen molar-refractivity contribution in [2.45, 2.75) is 0 Å². The van der Waals surface area contributed by atoms with E-state index in [1.807, 2.05) is 0 Å². The Kier molecular flexibility index (Phi) is 6.21. The van der Waals surface area contributed by atoms with E-state index in [2.05, 4.69) is 4.99 Å². The maximum Gasteiger partial charge on any atom is 0.363 e. The Morgan fingerprint density at radius 2 is 1.74 bits per heavy atom. The van der Waals surface area contributed by atoms with E-state index in [0.717, 1.165) is 30.3 Å². The highest BCUT2D eigenvalue weighted by Crippen LogP contribution is 2.35. The molecule has 0 spiro atoms. The predicted octanol–water partition coefficient (Wildman–Crippen LogP) is 5.57. The molecule has 0 aliphatic carbocycles. The number of nitrogens with zero attached hydrogens (tertiary/aromatic N) is 3. The normalized spacial score (nSPS) is 14.0. The zero-order valence-electron chi connectivity index (χ0n) is 17.1. The highest BCUT2D eigenvalue weighted by atomic mass is 35.5. The first kappa shape index (κ1) is 23.4. The van der Waals surface area contributed by atoms with Gasteiger partial charge in [-0.3, -0.25) is 20.2 Å². The minimum atomic E-state index is -1.20. The summed E-state index contributed by atoms with van der Waals surface area (Å²) in [4.78, 5) is 36.8. The van der Waals surface area contributed by atoms with E-state index in [1.54, 1.807) is 6.07 Å². The van der Waals surface area contributed by atoms with Gasteiger partial charge < -0.3 is 9.47 Å². The lowest BCUT2D eigenvalue weighted by Crippen LogP contribution is -2.07. The highest BCUT2D eigenvalue weighted by molar-refractivity contribution is 6.34. The first-order valence-electron chi connectivity index (χ1n) is 9.50. The van der Waals surface area contributed by atoms with Crippen LogP contribution in [0, 0.1) is 31.9 Å². The largest absolute Gasteiger partial charge is 0.450 e. The second-order valence-corrected chi connectivity index (χ2v) is 7.33. The Hall–Kier alpha value is -4.71. The van der Waals surface area contributed by atoms with Crippen molar-refractivity contribution in [3.05, 3.63) is 108 Å². The van der Waals surface area contributed by atoms with Crippen molar-refractivity contribution in [1.82, 2.24) is 0 Å². The van der Waals surface area contributed by atoms with E-state index in [0.29, 0.717) is 5.56 Å². The Balaban J connectivity index is 1.63. The number of nitro benzene ring substituents is 2. The minimum Gasteiger partial charge on any atom is -0.450 e. The molecule has 1 heterocycles. The number of ether oxygens (including phenoxy) is 2. The number of hydrogen-bond acceptors (Lipinski definition) is 8. The van der Waals surface area contributed by atoms with Crippen LogP contribution in [0.4, 0.5) is 20.2 Å². The number of carbonyl (C=O) groups is 1. The molecule has 0 unspecified atom stereocenters. The van der Waals surface area contributed by atoms with Gasteiger partial charge in [-0.2, -0.15) is 0 Å². The molecule has 1 aliphatic rings. The number of rotatable bonds is 6. The third-order valence-corrected chi connectivity index (χ3v) is 4.91. The monoisotopic (exact) mass is 501 g/mol. The molecular formula is C22H10ClF2N3O7. The summed E-state index contributed by atoms with van der Waals surface area (Å²) in [5, 5.41) is 22.0. The molecule has 13 heteroatoms. The molecule has 0 radical (unpaired) electrons. The van der Waals surface area contributed by atoms with Crippen molar-refractivity contribution >= 4 is 40.9 Å². The van der Waals surface area contributed by atoms with Gasteiger partial charge in [0, 0.05) is 6.07 Å². The zero-order chi connectivity index (χ0) is 25.3. The minimum absolute atomic E-state index is 0.120. The first-order valence-corrected chi connectivity index (χ1v) is 9.88. The second-order valence-electron chi connectivity index (χ2n) is 6.92. The Labute approximate surface area is 199 Å². The lowest BCUT2D eigenvalue weighted by molar-refractivity contribution is -0.394. The Bertz CT molecular complexity index is 1470. The van der Waals surface area contributed by atoms with E-state index >= 15 is 0 Å². The fourth-order valence-corrected chi connectivity index (χ4v) is 3.24. The van der Waals surface area contributed by atoms with Gasteiger partial charge in [0.15, 0.2) is 17.3 Å². The van der Waals surface area contributed by atoms with Crippen LogP contribution in [0.1, 0.15) is 11.1 Å².